The second kappa shape index (κ2) is 8.33. The molecule has 138 valence electrons. The zero-order chi connectivity index (χ0) is 19.3. The number of benzene rings is 2. The monoisotopic (exact) mass is 360 g/mol. The highest BCUT2D eigenvalue weighted by Crippen LogP contribution is 2.36. The molecular formula is C19H21FN2O4. The summed E-state index contributed by atoms with van der Waals surface area (Å²) in [4.78, 5) is 24.3. The highest BCUT2D eigenvalue weighted by Gasteiger charge is 2.17. The van der Waals surface area contributed by atoms with Gasteiger partial charge >= 0.3 is 0 Å². The van der Waals surface area contributed by atoms with Crippen LogP contribution in [0, 0.1) is 11.7 Å². The lowest BCUT2D eigenvalue weighted by Crippen LogP contribution is -2.18. The molecule has 26 heavy (non-hydrogen) atoms. The summed E-state index contributed by atoms with van der Waals surface area (Å²) in [5.41, 5.74) is 0.927. The summed E-state index contributed by atoms with van der Waals surface area (Å²) in [5.74, 6) is -0.707. The van der Waals surface area contributed by atoms with Crippen molar-refractivity contribution >= 4 is 23.2 Å². The molecule has 0 fully saturated rings. The lowest BCUT2D eigenvalue weighted by atomic mass is 10.1. The summed E-state index contributed by atoms with van der Waals surface area (Å²) in [6.45, 7) is 3.54. The van der Waals surface area contributed by atoms with E-state index in [1.165, 1.54) is 38.5 Å². The minimum atomic E-state index is -0.506. The SMILES string of the molecule is COc1cc(NC(=O)C(C)C)c(OC)cc1NC(=O)c1cccc(F)c1. The van der Waals surface area contributed by atoms with E-state index in [2.05, 4.69) is 10.6 Å². The summed E-state index contributed by atoms with van der Waals surface area (Å²) in [6.07, 6.45) is 0. The fraction of sp³-hybridized carbons (Fsp3) is 0.263. The van der Waals surface area contributed by atoms with Crippen molar-refractivity contribution in [1.29, 1.82) is 0 Å². The first-order chi connectivity index (χ1) is 12.3. The van der Waals surface area contributed by atoms with Crippen LogP contribution in [0.5, 0.6) is 11.5 Å². The van der Waals surface area contributed by atoms with Gasteiger partial charge in [0.1, 0.15) is 17.3 Å². The molecule has 2 aromatic rings. The van der Waals surface area contributed by atoms with Gasteiger partial charge in [-0.15, -0.1) is 0 Å². The molecule has 2 aromatic carbocycles. The minimum absolute atomic E-state index is 0.170. The van der Waals surface area contributed by atoms with Crippen LogP contribution in [0.1, 0.15) is 24.2 Å². The molecule has 0 heterocycles. The Kier molecular flexibility index (Phi) is 6.16. The number of nitrogens with one attached hydrogen (secondary N) is 2. The van der Waals surface area contributed by atoms with Gasteiger partial charge in [-0.3, -0.25) is 9.59 Å². The van der Waals surface area contributed by atoms with Crippen molar-refractivity contribution in [1.82, 2.24) is 0 Å². The Morgan fingerprint density at radius 2 is 1.54 bits per heavy atom. The Hall–Kier alpha value is -3.09. The number of halogens is 1. The molecule has 0 atom stereocenters. The van der Waals surface area contributed by atoms with Gasteiger partial charge in [0.05, 0.1) is 25.6 Å². The highest BCUT2D eigenvalue weighted by molar-refractivity contribution is 6.05. The molecule has 0 aliphatic carbocycles. The second-order valence-electron chi connectivity index (χ2n) is 5.86. The molecule has 0 radical (unpaired) electrons. The van der Waals surface area contributed by atoms with Gasteiger partial charge in [0.15, 0.2) is 0 Å². The maximum atomic E-state index is 13.3. The van der Waals surface area contributed by atoms with Crippen LogP contribution in [0.2, 0.25) is 0 Å². The van der Waals surface area contributed by atoms with Crippen LogP contribution in [0.15, 0.2) is 36.4 Å². The van der Waals surface area contributed by atoms with Gasteiger partial charge in [-0.25, -0.2) is 4.39 Å². The average Bonchev–Trinajstić information content (AvgIpc) is 2.62. The van der Waals surface area contributed by atoms with Gasteiger partial charge < -0.3 is 20.1 Å². The molecule has 2 rings (SSSR count). The Morgan fingerprint density at radius 1 is 0.962 bits per heavy atom. The molecule has 6 nitrogen and oxygen atoms in total. The van der Waals surface area contributed by atoms with Crippen molar-refractivity contribution < 1.29 is 23.5 Å². The van der Waals surface area contributed by atoms with E-state index in [0.717, 1.165) is 6.07 Å². The normalized spacial score (nSPS) is 10.4. The lowest BCUT2D eigenvalue weighted by molar-refractivity contribution is -0.118. The Labute approximate surface area is 151 Å². The fourth-order valence-corrected chi connectivity index (χ4v) is 2.19. The van der Waals surface area contributed by atoms with Crippen LogP contribution >= 0.6 is 0 Å². The Morgan fingerprint density at radius 3 is 2.04 bits per heavy atom. The van der Waals surface area contributed by atoms with Crippen molar-refractivity contribution in [2.24, 2.45) is 5.92 Å². The molecular weight excluding hydrogens is 339 g/mol. The number of carbonyl (C=O) groups is 2. The van der Waals surface area contributed by atoms with Crippen LogP contribution in [-0.2, 0) is 4.79 Å². The molecule has 0 aliphatic heterocycles. The fourth-order valence-electron chi connectivity index (χ4n) is 2.19. The van der Waals surface area contributed by atoms with E-state index in [0.29, 0.717) is 22.9 Å². The van der Waals surface area contributed by atoms with Crippen molar-refractivity contribution in [3.05, 3.63) is 47.8 Å². The predicted octanol–water partition coefficient (Wildman–Crippen LogP) is 3.69. The van der Waals surface area contributed by atoms with Crippen molar-refractivity contribution in [2.45, 2.75) is 13.8 Å². The third-order valence-electron chi connectivity index (χ3n) is 3.64. The Bertz CT molecular complexity index is 821. The third-order valence-corrected chi connectivity index (χ3v) is 3.64. The molecule has 2 amide bonds. The molecule has 0 bridgehead atoms. The number of anilines is 2. The lowest BCUT2D eigenvalue weighted by Gasteiger charge is -2.17. The van der Waals surface area contributed by atoms with E-state index in [4.69, 9.17) is 9.47 Å². The van der Waals surface area contributed by atoms with E-state index in [9.17, 15) is 14.0 Å². The number of hydrogen-bond acceptors (Lipinski definition) is 4. The molecule has 0 saturated heterocycles. The quantitative estimate of drug-likeness (QED) is 0.824. The van der Waals surface area contributed by atoms with Crippen molar-refractivity contribution in [2.75, 3.05) is 24.9 Å². The van der Waals surface area contributed by atoms with Gasteiger partial charge in [-0.1, -0.05) is 19.9 Å². The van der Waals surface area contributed by atoms with Gasteiger partial charge in [0.2, 0.25) is 5.91 Å². The smallest absolute Gasteiger partial charge is 0.255 e. The number of hydrogen-bond donors (Lipinski definition) is 2. The first kappa shape index (κ1) is 19.2. The van der Waals surface area contributed by atoms with E-state index in [1.54, 1.807) is 19.9 Å². The zero-order valence-corrected chi connectivity index (χ0v) is 15.1. The van der Waals surface area contributed by atoms with Crippen molar-refractivity contribution in [3.8, 4) is 11.5 Å². The van der Waals surface area contributed by atoms with Gasteiger partial charge in [-0.2, -0.15) is 0 Å². The van der Waals surface area contributed by atoms with Crippen LogP contribution in [0.25, 0.3) is 0 Å². The number of methoxy groups -OCH3 is 2. The molecule has 7 heteroatoms. The van der Waals surface area contributed by atoms with E-state index in [-0.39, 0.29) is 17.4 Å². The molecule has 0 saturated carbocycles. The molecule has 0 unspecified atom stereocenters. The number of ether oxygens (including phenoxy) is 2. The van der Waals surface area contributed by atoms with Crippen LogP contribution in [0.4, 0.5) is 15.8 Å². The van der Waals surface area contributed by atoms with E-state index in [1.807, 2.05) is 0 Å². The Balaban J connectivity index is 2.33. The van der Waals surface area contributed by atoms with E-state index < -0.39 is 11.7 Å². The maximum absolute atomic E-state index is 13.3. The van der Waals surface area contributed by atoms with Crippen LogP contribution < -0.4 is 20.1 Å². The molecule has 0 aliphatic rings. The molecule has 0 aromatic heterocycles. The predicted molar refractivity (Wildman–Crippen MR) is 97.4 cm³/mol. The summed E-state index contributed by atoms with van der Waals surface area (Å²) < 4.78 is 23.9. The van der Waals surface area contributed by atoms with Gasteiger partial charge in [-0.05, 0) is 18.2 Å². The summed E-state index contributed by atoms with van der Waals surface area (Å²) in [7, 11) is 2.89. The first-order valence-corrected chi connectivity index (χ1v) is 7.99. The zero-order valence-electron chi connectivity index (χ0n) is 15.1. The number of carbonyl (C=O) groups excluding carboxylic acids is 2. The van der Waals surface area contributed by atoms with Gasteiger partial charge in [0.25, 0.3) is 5.91 Å². The summed E-state index contributed by atoms with van der Waals surface area (Å²) in [5, 5.41) is 5.41. The van der Waals surface area contributed by atoms with Crippen molar-refractivity contribution in [3.63, 3.8) is 0 Å². The minimum Gasteiger partial charge on any atom is -0.494 e. The first-order valence-electron chi connectivity index (χ1n) is 7.99. The van der Waals surface area contributed by atoms with Gasteiger partial charge in [0, 0.05) is 23.6 Å². The standard InChI is InChI=1S/C19H21FN2O4/c1-11(2)18(23)21-14-9-17(26-4)15(10-16(14)25-3)22-19(24)12-6-5-7-13(20)8-12/h5-11H,1-4H3,(H,21,23)(H,22,24). The van der Waals surface area contributed by atoms with E-state index >= 15 is 0 Å². The molecule has 2 N–H and O–H groups in total. The van der Waals surface area contributed by atoms with Crippen LogP contribution in [-0.4, -0.2) is 26.0 Å². The summed E-state index contributed by atoms with van der Waals surface area (Å²) >= 11 is 0. The number of rotatable bonds is 6. The largest absolute Gasteiger partial charge is 0.494 e. The second-order valence-corrected chi connectivity index (χ2v) is 5.86. The highest BCUT2D eigenvalue weighted by atomic mass is 19.1. The maximum Gasteiger partial charge on any atom is 0.255 e. The third kappa shape index (κ3) is 4.50. The molecule has 0 spiro atoms. The topological polar surface area (TPSA) is 76.7 Å². The van der Waals surface area contributed by atoms with Crippen LogP contribution in [0.3, 0.4) is 0 Å². The summed E-state index contributed by atoms with van der Waals surface area (Å²) in [6, 6.07) is 8.43. The average molecular weight is 360 g/mol. The number of amides is 2.